The van der Waals surface area contributed by atoms with E-state index in [9.17, 15) is 19.5 Å². The number of benzene rings is 3. The maximum Gasteiger partial charge on any atom is 0.337 e. The number of rotatable bonds is 10. The lowest BCUT2D eigenvalue weighted by atomic mass is 9.96. The largest absolute Gasteiger partial charge is 0.478 e. The maximum absolute atomic E-state index is 12.8. The normalized spacial score (nSPS) is 13.7. The lowest BCUT2D eigenvalue weighted by molar-refractivity contribution is -0.139. The number of nitrogens with one attached hydrogen (secondary N) is 1. The molecule has 5 rings (SSSR count). The van der Waals surface area contributed by atoms with Crippen molar-refractivity contribution in [3.63, 3.8) is 0 Å². The summed E-state index contributed by atoms with van der Waals surface area (Å²) in [7, 11) is 1.77. The van der Waals surface area contributed by atoms with Crippen LogP contribution in [0.2, 0.25) is 0 Å². The second kappa shape index (κ2) is 13.2. The molecule has 1 aliphatic heterocycles. The Morgan fingerprint density at radius 2 is 1.52 bits per heavy atom. The van der Waals surface area contributed by atoms with Gasteiger partial charge in [-0.15, -0.1) is 0 Å². The molecule has 0 atom stereocenters. The number of piperazine rings is 1. The molecule has 2 N–H and O–H groups in total. The summed E-state index contributed by atoms with van der Waals surface area (Å²) in [5, 5.41) is 16.4. The van der Waals surface area contributed by atoms with E-state index in [1.807, 2.05) is 36.4 Å². The number of hydrogen-bond donors (Lipinski definition) is 2. The third-order valence-electron chi connectivity index (χ3n) is 7.28. The first-order valence-electron chi connectivity index (χ1n) is 13.7. The summed E-state index contributed by atoms with van der Waals surface area (Å²) in [5.74, 6) is -1.91. The summed E-state index contributed by atoms with van der Waals surface area (Å²) in [5.41, 5.74) is 3.93. The molecule has 0 spiro atoms. The standard InChI is InChI=1S/C32H33N5O5/c1-35-20-26(19-33-35)25-12-13-28(27(18-25)32(40)41)34-29(38)21-42-22-30(39)36-14-16-37(17-15-36)31(23-8-4-2-5-9-23)24-10-6-3-7-11-24/h2-13,18-20,31H,14-17,21-22H2,1H3,(H,34,38)(H,40,41). The van der Waals surface area contributed by atoms with Gasteiger partial charge in [0.25, 0.3) is 0 Å². The maximum atomic E-state index is 12.8. The van der Waals surface area contributed by atoms with Crippen LogP contribution in [0.4, 0.5) is 5.69 Å². The fraction of sp³-hybridized carbons (Fsp3) is 0.250. The van der Waals surface area contributed by atoms with Crippen LogP contribution in [0, 0.1) is 0 Å². The van der Waals surface area contributed by atoms with Crippen LogP contribution in [0.1, 0.15) is 27.5 Å². The van der Waals surface area contributed by atoms with Crippen molar-refractivity contribution < 1.29 is 24.2 Å². The smallest absolute Gasteiger partial charge is 0.337 e. The summed E-state index contributed by atoms with van der Waals surface area (Å²) in [6, 6.07) is 25.5. The van der Waals surface area contributed by atoms with Crippen molar-refractivity contribution >= 4 is 23.5 Å². The second-order valence-corrected chi connectivity index (χ2v) is 10.1. The van der Waals surface area contributed by atoms with Crippen LogP contribution in [0.3, 0.4) is 0 Å². The van der Waals surface area contributed by atoms with Gasteiger partial charge in [-0.1, -0.05) is 66.7 Å². The number of ether oxygens (including phenoxy) is 1. The fourth-order valence-corrected chi connectivity index (χ4v) is 5.20. The Morgan fingerprint density at radius 3 is 2.10 bits per heavy atom. The van der Waals surface area contributed by atoms with Crippen LogP contribution in [0.15, 0.2) is 91.3 Å². The van der Waals surface area contributed by atoms with Gasteiger partial charge in [0.1, 0.15) is 13.2 Å². The van der Waals surface area contributed by atoms with Crippen molar-refractivity contribution in [2.24, 2.45) is 7.05 Å². The van der Waals surface area contributed by atoms with Gasteiger partial charge in [-0.25, -0.2) is 4.79 Å². The van der Waals surface area contributed by atoms with Crippen molar-refractivity contribution in [3.05, 3.63) is 108 Å². The zero-order valence-corrected chi connectivity index (χ0v) is 23.3. The molecule has 2 heterocycles. The first kappa shape index (κ1) is 28.7. The molecule has 10 heteroatoms. The van der Waals surface area contributed by atoms with E-state index in [0.29, 0.717) is 31.7 Å². The summed E-state index contributed by atoms with van der Waals surface area (Å²) in [6.07, 6.45) is 3.41. The first-order chi connectivity index (χ1) is 20.4. The molecular formula is C32H33N5O5. The number of nitrogens with zero attached hydrogens (tertiary/aromatic N) is 4. The van der Waals surface area contributed by atoms with Gasteiger partial charge < -0.3 is 20.1 Å². The molecular weight excluding hydrogens is 534 g/mol. The van der Waals surface area contributed by atoms with Gasteiger partial charge >= 0.3 is 5.97 Å². The zero-order valence-electron chi connectivity index (χ0n) is 23.3. The van der Waals surface area contributed by atoms with Gasteiger partial charge in [-0.3, -0.25) is 19.2 Å². The SMILES string of the molecule is Cn1cc(-c2ccc(NC(=O)COCC(=O)N3CCN(C(c4ccccc4)c4ccccc4)CC3)c(C(=O)O)c2)cn1. The number of carbonyl (C=O) groups is 3. The van der Waals surface area contributed by atoms with E-state index >= 15 is 0 Å². The third-order valence-corrected chi connectivity index (χ3v) is 7.28. The minimum atomic E-state index is -1.17. The van der Waals surface area contributed by atoms with Gasteiger partial charge in [-0.2, -0.15) is 5.10 Å². The highest BCUT2D eigenvalue weighted by molar-refractivity contribution is 6.02. The molecule has 42 heavy (non-hydrogen) atoms. The Morgan fingerprint density at radius 1 is 0.881 bits per heavy atom. The van der Waals surface area contributed by atoms with Crippen molar-refractivity contribution in [1.82, 2.24) is 19.6 Å². The Balaban J connectivity index is 1.12. The van der Waals surface area contributed by atoms with Gasteiger partial charge in [-0.05, 0) is 28.8 Å². The lowest BCUT2D eigenvalue weighted by Crippen LogP contribution is -2.50. The fourth-order valence-electron chi connectivity index (χ4n) is 5.20. The topological polar surface area (TPSA) is 117 Å². The van der Waals surface area contributed by atoms with Crippen LogP contribution >= 0.6 is 0 Å². The van der Waals surface area contributed by atoms with E-state index in [1.54, 1.807) is 35.1 Å². The van der Waals surface area contributed by atoms with Gasteiger partial charge in [0.05, 0.1) is 23.5 Å². The third kappa shape index (κ3) is 6.91. The van der Waals surface area contributed by atoms with E-state index in [4.69, 9.17) is 4.74 Å². The molecule has 1 saturated heterocycles. The van der Waals surface area contributed by atoms with Gasteiger partial charge in [0, 0.05) is 45.0 Å². The molecule has 1 aliphatic rings. The predicted octanol–water partition coefficient (Wildman–Crippen LogP) is 3.67. The molecule has 0 bridgehead atoms. The molecule has 0 unspecified atom stereocenters. The first-order valence-corrected chi connectivity index (χ1v) is 13.7. The number of anilines is 1. The molecule has 1 aromatic heterocycles. The van der Waals surface area contributed by atoms with Gasteiger partial charge in [0.2, 0.25) is 11.8 Å². The number of amides is 2. The number of aryl methyl sites for hydroxylation is 1. The average Bonchev–Trinajstić information content (AvgIpc) is 3.45. The summed E-state index contributed by atoms with van der Waals surface area (Å²) in [4.78, 5) is 41.3. The summed E-state index contributed by atoms with van der Waals surface area (Å²) in [6.45, 7) is 1.89. The van der Waals surface area contributed by atoms with Crippen molar-refractivity contribution in [1.29, 1.82) is 0 Å². The number of carboxylic acid groups (broad SMARTS) is 1. The highest BCUT2D eigenvalue weighted by atomic mass is 16.5. The molecule has 2 amide bonds. The molecule has 0 saturated carbocycles. The quantitative estimate of drug-likeness (QED) is 0.300. The minimum absolute atomic E-state index is 0.0528. The minimum Gasteiger partial charge on any atom is -0.478 e. The number of carbonyl (C=O) groups excluding carboxylic acids is 2. The highest BCUT2D eigenvalue weighted by Gasteiger charge is 2.28. The zero-order chi connectivity index (χ0) is 29.5. The Hall–Kier alpha value is -4.80. The molecule has 216 valence electrons. The Kier molecular flexibility index (Phi) is 9.05. The molecule has 4 aromatic rings. The van der Waals surface area contributed by atoms with Crippen molar-refractivity contribution in [3.8, 4) is 11.1 Å². The van der Waals surface area contributed by atoms with Crippen LogP contribution in [0.25, 0.3) is 11.1 Å². The lowest BCUT2D eigenvalue weighted by Gasteiger charge is -2.39. The van der Waals surface area contributed by atoms with E-state index in [0.717, 1.165) is 5.56 Å². The molecule has 3 aromatic carbocycles. The molecule has 0 radical (unpaired) electrons. The summed E-state index contributed by atoms with van der Waals surface area (Å²) >= 11 is 0. The van der Waals surface area contributed by atoms with Crippen LogP contribution in [-0.4, -0.2) is 81.9 Å². The van der Waals surface area contributed by atoms with E-state index in [2.05, 4.69) is 39.6 Å². The predicted molar refractivity (Wildman–Crippen MR) is 158 cm³/mol. The average molecular weight is 568 g/mol. The Labute approximate surface area is 244 Å². The number of hydrogen-bond acceptors (Lipinski definition) is 6. The number of carboxylic acids is 1. The van der Waals surface area contributed by atoms with Crippen LogP contribution in [0.5, 0.6) is 0 Å². The van der Waals surface area contributed by atoms with E-state index < -0.39 is 11.9 Å². The summed E-state index contributed by atoms with van der Waals surface area (Å²) < 4.78 is 7.04. The molecule has 10 nitrogen and oxygen atoms in total. The molecule has 1 fully saturated rings. The monoisotopic (exact) mass is 567 g/mol. The van der Waals surface area contributed by atoms with E-state index in [-0.39, 0.29) is 36.4 Å². The molecule has 0 aliphatic carbocycles. The van der Waals surface area contributed by atoms with Crippen LogP contribution in [-0.2, 0) is 21.4 Å². The number of aromatic nitrogens is 2. The van der Waals surface area contributed by atoms with E-state index in [1.165, 1.54) is 23.3 Å². The second-order valence-electron chi connectivity index (χ2n) is 10.1. The van der Waals surface area contributed by atoms with Crippen molar-refractivity contribution in [2.45, 2.75) is 6.04 Å². The Bertz CT molecular complexity index is 1490. The highest BCUT2D eigenvalue weighted by Crippen LogP contribution is 2.29. The number of aromatic carboxylic acids is 1. The van der Waals surface area contributed by atoms with Crippen molar-refractivity contribution in [2.75, 3.05) is 44.7 Å². The van der Waals surface area contributed by atoms with Gasteiger partial charge in [0.15, 0.2) is 0 Å². The van der Waals surface area contributed by atoms with Crippen LogP contribution < -0.4 is 5.32 Å².